The number of aryl methyl sites for hydroxylation is 1. The summed E-state index contributed by atoms with van der Waals surface area (Å²) in [7, 11) is 3.32. The van der Waals surface area contributed by atoms with Gasteiger partial charge in [-0.05, 0) is 30.4 Å². The second-order valence-electron chi connectivity index (χ2n) is 4.01. The second-order valence-corrected chi connectivity index (χ2v) is 4.42. The summed E-state index contributed by atoms with van der Waals surface area (Å²) >= 11 is 5.08. The lowest BCUT2D eigenvalue weighted by molar-refractivity contribution is 0.0972. The van der Waals surface area contributed by atoms with Crippen LogP contribution in [0.25, 0.3) is 0 Å². The third-order valence-corrected chi connectivity index (χ3v) is 2.71. The second kappa shape index (κ2) is 6.16. The lowest BCUT2D eigenvalue weighted by Gasteiger charge is -2.09. The highest BCUT2D eigenvalue weighted by Crippen LogP contribution is 2.16. The molecular formula is C13H14N4O2S. The van der Waals surface area contributed by atoms with Gasteiger partial charge in [0.05, 0.1) is 7.11 Å². The Bertz CT molecular complexity index is 639. The van der Waals surface area contributed by atoms with Crippen molar-refractivity contribution in [2.24, 2.45) is 7.05 Å². The first-order chi connectivity index (χ1) is 9.58. The number of thiocarbonyl (C=S) groups is 1. The van der Waals surface area contributed by atoms with Crippen LogP contribution >= 0.6 is 12.2 Å². The predicted octanol–water partition coefficient (Wildman–Crippen LogP) is 1.56. The van der Waals surface area contributed by atoms with Crippen LogP contribution in [0.2, 0.25) is 0 Å². The normalized spacial score (nSPS) is 9.90. The molecule has 0 radical (unpaired) electrons. The summed E-state index contributed by atoms with van der Waals surface area (Å²) in [5.74, 6) is 0.347. The standard InChI is InChI=1S/C13H14N4O2S/c1-17-7-6-11(16-17)12(18)15-13(20)14-9-4-3-5-10(8-9)19-2/h3-8H,1-2H3,(H2,14,15,18,20). The number of methoxy groups -OCH3 is 1. The molecule has 6 nitrogen and oxygen atoms in total. The van der Waals surface area contributed by atoms with Gasteiger partial charge in [-0.3, -0.25) is 14.8 Å². The number of anilines is 1. The number of hydrogen-bond donors (Lipinski definition) is 2. The van der Waals surface area contributed by atoms with E-state index in [2.05, 4.69) is 15.7 Å². The average Bonchev–Trinajstić information content (AvgIpc) is 2.85. The van der Waals surface area contributed by atoms with Crippen LogP contribution < -0.4 is 15.4 Å². The third kappa shape index (κ3) is 3.55. The number of amides is 1. The van der Waals surface area contributed by atoms with Gasteiger partial charge < -0.3 is 10.1 Å². The quantitative estimate of drug-likeness (QED) is 0.840. The highest BCUT2D eigenvalue weighted by molar-refractivity contribution is 7.80. The number of aromatic nitrogens is 2. The zero-order valence-corrected chi connectivity index (χ0v) is 11.9. The van der Waals surface area contributed by atoms with E-state index in [4.69, 9.17) is 17.0 Å². The molecule has 0 fully saturated rings. The van der Waals surface area contributed by atoms with Crippen molar-refractivity contribution in [1.82, 2.24) is 15.1 Å². The Labute approximate surface area is 121 Å². The molecule has 1 amide bonds. The number of ether oxygens (including phenoxy) is 1. The van der Waals surface area contributed by atoms with Crippen LogP contribution in [0, 0.1) is 0 Å². The SMILES string of the molecule is COc1cccc(NC(=S)NC(=O)c2ccn(C)n2)c1. The number of nitrogens with one attached hydrogen (secondary N) is 2. The minimum absolute atomic E-state index is 0.203. The van der Waals surface area contributed by atoms with Crippen LogP contribution in [0.15, 0.2) is 36.5 Å². The molecule has 0 saturated carbocycles. The molecule has 2 N–H and O–H groups in total. The smallest absolute Gasteiger partial charge is 0.277 e. The molecule has 7 heteroatoms. The first-order valence-corrected chi connectivity index (χ1v) is 6.25. The average molecular weight is 290 g/mol. The minimum Gasteiger partial charge on any atom is -0.497 e. The molecule has 0 bridgehead atoms. The van der Waals surface area contributed by atoms with E-state index in [1.807, 2.05) is 18.2 Å². The predicted molar refractivity (Wildman–Crippen MR) is 79.9 cm³/mol. The Kier molecular flexibility index (Phi) is 4.31. The molecule has 2 aromatic rings. The van der Waals surface area contributed by atoms with Crippen molar-refractivity contribution in [2.45, 2.75) is 0 Å². The first-order valence-electron chi connectivity index (χ1n) is 5.84. The molecule has 0 aliphatic heterocycles. The fourth-order valence-corrected chi connectivity index (χ4v) is 1.78. The molecule has 2 rings (SSSR count). The maximum absolute atomic E-state index is 11.8. The molecule has 0 aliphatic carbocycles. The number of rotatable bonds is 3. The van der Waals surface area contributed by atoms with E-state index in [0.717, 1.165) is 5.69 Å². The highest BCUT2D eigenvalue weighted by atomic mass is 32.1. The Morgan fingerprint density at radius 1 is 1.40 bits per heavy atom. The van der Waals surface area contributed by atoms with Crippen molar-refractivity contribution < 1.29 is 9.53 Å². The van der Waals surface area contributed by atoms with Gasteiger partial charge in [0.25, 0.3) is 5.91 Å². The topological polar surface area (TPSA) is 68.2 Å². The van der Waals surface area contributed by atoms with E-state index in [0.29, 0.717) is 11.4 Å². The van der Waals surface area contributed by atoms with E-state index in [1.54, 1.807) is 37.2 Å². The molecule has 0 unspecified atom stereocenters. The van der Waals surface area contributed by atoms with Crippen LogP contribution in [0.1, 0.15) is 10.5 Å². The van der Waals surface area contributed by atoms with E-state index in [-0.39, 0.29) is 11.0 Å². The van der Waals surface area contributed by atoms with Crippen molar-refractivity contribution in [2.75, 3.05) is 12.4 Å². The molecule has 1 aromatic carbocycles. The lowest BCUT2D eigenvalue weighted by atomic mass is 10.3. The largest absolute Gasteiger partial charge is 0.497 e. The molecule has 0 spiro atoms. The first kappa shape index (κ1) is 14.0. The number of nitrogens with zero attached hydrogens (tertiary/aromatic N) is 2. The molecule has 20 heavy (non-hydrogen) atoms. The maximum atomic E-state index is 11.8. The number of hydrogen-bond acceptors (Lipinski definition) is 4. The zero-order valence-electron chi connectivity index (χ0n) is 11.1. The van der Waals surface area contributed by atoms with Gasteiger partial charge in [0.1, 0.15) is 5.75 Å². The minimum atomic E-state index is -0.356. The Balaban J connectivity index is 1.96. The fraction of sp³-hybridized carbons (Fsp3) is 0.154. The summed E-state index contributed by atoms with van der Waals surface area (Å²) in [6, 6.07) is 8.86. The summed E-state index contributed by atoms with van der Waals surface area (Å²) in [6.07, 6.45) is 1.69. The monoisotopic (exact) mass is 290 g/mol. The zero-order chi connectivity index (χ0) is 14.5. The van der Waals surface area contributed by atoms with E-state index < -0.39 is 0 Å². The van der Waals surface area contributed by atoms with Gasteiger partial charge in [0, 0.05) is 25.0 Å². The van der Waals surface area contributed by atoms with Gasteiger partial charge in [0.2, 0.25) is 0 Å². The van der Waals surface area contributed by atoms with Gasteiger partial charge in [-0.2, -0.15) is 5.10 Å². The van der Waals surface area contributed by atoms with Crippen molar-refractivity contribution in [3.05, 3.63) is 42.2 Å². The van der Waals surface area contributed by atoms with Gasteiger partial charge >= 0.3 is 0 Å². The van der Waals surface area contributed by atoms with Crippen molar-refractivity contribution in [3.8, 4) is 5.75 Å². The molecule has 1 aromatic heterocycles. The Morgan fingerprint density at radius 2 is 2.20 bits per heavy atom. The Morgan fingerprint density at radius 3 is 2.85 bits per heavy atom. The number of carbonyl (C=O) groups excluding carboxylic acids is 1. The molecule has 1 heterocycles. The van der Waals surface area contributed by atoms with E-state index in [9.17, 15) is 4.79 Å². The van der Waals surface area contributed by atoms with E-state index in [1.165, 1.54) is 0 Å². The maximum Gasteiger partial charge on any atom is 0.277 e. The highest BCUT2D eigenvalue weighted by Gasteiger charge is 2.10. The Hall–Kier alpha value is -2.41. The molecule has 104 valence electrons. The summed E-state index contributed by atoms with van der Waals surface area (Å²) in [6.45, 7) is 0. The fourth-order valence-electron chi connectivity index (χ4n) is 1.57. The van der Waals surface area contributed by atoms with Gasteiger partial charge in [-0.1, -0.05) is 6.07 Å². The molecule has 0 saturated heterocycles. The number of carbonyl (C=O) groups is 1. The van der Waals surface area contributed by atoms with Crippen LogP contribution in [0.3, 0.4) is 0 Å². The summed E-state index contributed by atoms with van der Waals surface area (Å²) in [5, 5.41) is 9.67. The molecule has 0 aliphatic rings. The van der Waals surface area contributed by atoms with Gasteiger partial charge in [0.15, 0.2) is 10.8 Å². The molecular weight excluding hydrogens is 276 g/mol. The van der Waals surface area contributed by atoms with Crippen LogP contribution in [0.4, 0.5) is 5.69 Å². The van der Waals surface area contributed by atoms with Gasteiger partial charge in [-0.25, -0.2) is 0 Å². The van der Waals surface area contributed by atoms with Crippen molar-refractivity contribution >= 4 is 28.9 Å². The number of benzene rings is 1. The van der Waals surface area contributed by atoms with Gasteiger partial charge in [-0.15, -0.1) is 0 Å². The lowest BCUT2D eigenvalue weighted by Crippen LogP contribution is -2.34. The van der Waals surface area contributed by atoms with E-state index >= 15 is 0 Å². The van der Waals surface area contributed by atoms with Crippen molar-refractivity contribution in [3.63, 3.8) is 0 Å². The van der Waals surface area contributed by atoms with Crippen molar-refractivity contribution in [1.29, 1.82) is 0 Å². The summed E-state index contributed by atoms with van der Waals surface area (Å²) < 4.78 is 6.66. The third-order valence-electron chi connectivity index (χ3n) is 2.50. The summed E-state index contributed by atoms with van der Waals surface area (Å²) in [4.78, 5) is 11.8. The summed E-state index contributed by atoms with van der Waals surface area (Å²) in [5.41, 5.74) is 1.04. The van der Waals surface area contributed by atoms with Crippen LogP contribution in [0.5, 0.6) is 5.75 Å². The van der Waals surface area contributed by atoms with Crippen LogP contribution in [-0.2, 0) is 7.05 Å². The molecule has 0 atom stereocenters. The van der Waals surface area contributed by atoms with Crippen LogP contribution in [-0.4, -0.2) is 27.9 Å².